The van der Waals surface area contributed by atoms with Crippen molar-refractivity contribution in [2.45, 2.75) is 31.6 Å². The van der Waals surface area contributed by atoms with Gasteiger partial charge in [0.2, 0.25) is 0 Å². The second-order valence-electron chi connectivity index (χ2n) is 3.68. The molecule has 0 saturated carbocycles. The molecule has 15 heavy (non-hydrogen) atoms. The molecule has 0 heterocycles. The van der Waals surface area contributed by atoms with Crippen molar-refractivity contribution in [3.8, 4) is 0 Å². The van der Waals surface area contributed by atoms with Crippen molar-refractivity contribution in [1.82, 2.24) is 4.90 Å². The molecule has 0 aromatic carbocycles. The number of hydrogen-bond donors (Lipinski definition) is 5. The fourth-order valence-electron chi connectivity index (χ4n) is 1.49. The lowest BCUT2D eigenvalue weighted by molar-refractivity contribution is 0.134. The molecule has 0 spiro atoms. The first kappa shape index (κ1) is 14.8. The highest BCUT2D eigenvalue weighted by atomic mass is 15.3. The van der Waals surface area contributed by atoms with Crippen LogP contribution in [0.1, 0.15) is 19.3 Å². The van der Waals surface area contributed by atoms with Crippen molar-refractivity contribution < 1.29 is 0 Å². The second kappa shape index (κ2) is 9.02. The van der Waals surface area contributed by atoms with E-state index in [1.54, 1.807) is 0 Å². The standard InChI is InChI=1S/C9H26N6/c10-4-1-2-6-15(9(14)7-12)8(13)3-5-11/h8-9H,1-7,10-14H2. The minimum absolute atomic E-state index is 0.105. The maximum atomic E-state index is 5.97. The van der Waals surface area contributed by atoms with E-state index in [9.17, 15) is 0 Å². The van der Waals surface area contributed by atoms with Crippen LogP contribution in [0.3, 0.4) is 0 Å². The molecule has 0 saturated heterocycles. The Labute approximate surface area is 92.1 Å². The Bertz CT molecular complexity index is 143. The average molecular weight is 218 g/mol. The van der Waals surface area contributed by atoms with Crippen molar-refractivity contribution in [3.05, 3.63) is 0 Å². The fraction of sp³-hybridized carbons (Fsp3) is 1.00. The molecule has 2 unspecified atom stereocenters. The van der Waals surface area contributed by atoms with Crippen LogP contribution in [-0.2, 0) is 0 Å². The predicted octanol–water partition coefficient (Wildman–Crippen LogP) is -2.10. The molecule has 0 aliphatic rings. The van der Waals surface area contributed by atoms with E-state index in [4.69, 9.17) is 28.7 Å². The average Bonchev–Trinajstić information content (AvgIpc) is 2.23. The Kier molecular flexibility index (Phi) is 8.88. The molecule has 0 aromatic rings. The molecule has 0 amide bonds. The largest absolute Gasteiger partial charge is 0.330 e. The number of hydrogen-bond acceptors (Lipinski definition) is 6. The maximum Gasteiger partial charge on any atom is 0.0710 e. The van der Waals surface area contributed by atoms with Crippen LogP contribution < -0.4 is 28.7 Å². The summed E-state index contributed by atoms with van der Waals surface area (Å²) in [6.45, 7) is 2.49. The van der Waals surface area contributed by atoms with Gasteiger partial charge in [-0.05, 0) is 32.4 Å². The third-order valence-corrected chi connectivity index (χ3v) is 2.43. The van der Waals surface area contributed by atoms with E-state index in [0.717, 1.165) is 25.8 Å². The molecule has 0 aromatic heterocycles. The number of nitrogens with two attached hydrogens (primary N) is 5. The van der Waals surface area contributed by atoms with Gasteiger partial charge in [-0.15, -0.1) is 0 Å². The molecule has 0 radical (unpaired) electrons. The molecular weight excluding hydrogens is 192 g/mol. The van der Waals surface area contributed by atoms with Crippen molar-refractivity contribution in [2.24, 2.45) is 28.7 Å². The van der Waals surface area contributed by atoms with Gasteiger partial charge in [-0.1, -0.05) is 0 Å². The first-order chi connectivity index (χ1) is 7.17. The number of rotatable bonds is 9. The van der Waals surface area contributed by atoms with E-state index in [0.29, 0.717) is 19.6 Å². The highest BCUT2D eigenvalue weighted by Gasteiger charge is 2.18. The molecule has 6 heteroatoms. The molecule has 92 valence electrons. The summed E-state index contributed by atoms with van der Waals surface area (Å²) in [7, 11) is 0. The zero-order chi connectivity index (χ0) is 11.7. The first-order valence-electron chi connectivity index (χ1n) is 5.54. The van der Waals surface area contributed by atoms with Crippen LogP contribution in [0.15, 0.2) is 0 Å². The topological polar surface area (TPSA) is 133 Å². The van der Waals surface area contributed by atoms with E-state index in [2.05, 4.69) is 0 Å². The lowest BCUT2D eigenvalue weighted by atomic mass is 10.2. The zero-order valence-corrected chi connectivity index (χ0v) is 9.44. The van der Waals surface area contributed by atoms with Gasteiger partial charge in [-0.2, -0.15) is 0 Å². The van der Waals surface area contributed by atoms with Crippen LogP contribution in [0.25, 0.3) is 0 Å². The summed E-state index contributed by atoms with van der Waals surface area (Å²) in [5.41, 5.74) is 28.3. The van der Waals surface area contributed by atoms with Crippen LogP contribution in [0.5, 0.6) is 0 Å². The Hall–Kier alpha value is -0.240. The SMILES string of the molecule is NCCCCN(C(N)CN)C(N)CCN. The Balaban J connectivity index is 4.04. The van der Waals surface area contributed by atoms with Gasteiger partial charge in [0.05, 0.1) is 12.3 Å². The highest BCUT2D eigenvalue weighted by Crippen LogP contribution is 2.03. The van der Waals surface area contributed by atoms with Crippen LogP contribution in [0.4, 0.5) is 0 Å². The van der Waals surface area contributed by atoms with Gasteiger partial charge in [-0.3, -0.25) is 4.90 Å². The monoisotopic (exact) mass is 218 g/mol. The van der Waals surface area contributed by atoms with Gasteiger partial charge in [0.15, 0.2) is 0 Å². The minimum atomic E-state index is -0.190. The van der Waals surface area contributed by atoms with Crippen molar-refractivity contribution in [3.63, 3.8) is 0 Å². The summed E-state index contributed by atoms with van der Waals surface area (Å²) >= 11 is 0. The van der Waals surface area contributed by atoms with Crippen LogP contribution >= 0.6 is 0 Å². The van der Waals surface area contributed by atoms with Crippen LogP contribution in [0.2, 0.25) is 0 Å². The van der Waals surface area contributed by atoms with Crippen molar-refractivity contribution in [1.29, 1.82) is 0 Å². The quantitative estimate of drug-likeness (QED) is 0.222. The van der Waals surface area contributed by atoms with E-state index >= 15 is 0 Å². The first-order valence-corrected chi connectivity index (χ1v) is 5.54. The van der Waals surface area contributed by atoms with E-state index in [-0.39, 0.29) is 12.3 Å². The number of unbranched alkanes of at least 4 members (excludes halogenated alkanes) is 1. The second-order valence-corrected chi connectivity index (χ2v) is 3.68. The van der Waals surface area contributed by atoms with Gasteiger partial charge >= 0.3 is 0 Å². The van der Waals surface area contributed by atoms with Gasteiger partial charge in [0.1, 0.15) is 0 Å². The fourth-order valence-corrected chi connectivity index (χ4v) is 1.49. The molecule has 2 atom stereocenters. The third kappa shape index (κ3) is 6.03. The molecule has 6 nitrogen and oxygen atoms in total. The summed E-state index contributed by atoms with van der Waals surface area (Å²) in [5, 5.41) is 0. The highest BCUT2D eigenvalue weighted by molar-refractivity contribution is 4.73. The minimum Gasteiger partial charge on any atom is -0.330 e. The number of nitrogens with zero attached hydrogens (tertiary/aromatic N) is 1. The summed E-state index contributed by atoms with van der Waals surface area (Å²) in [4.78, 5) is 2.00. The zero-order valence-electron chi connectivity index (χ0n) is 9.44. The van der Waals surface area contributed by atoms with E-state index in [1.807, 2.05) is 4.90 Å². The van der Waals surface area contributed by atoms with Crippen molar-refractivity contribution in [2.75, 3.05) is 26.2 Å². The van der Waals surface area contributed by atoms with Gasteiger partial charge in [-0.25, -0.2) is 0 Å². The summed E-state index contributed by atoms with van der Waals surface area (Å²) in [6.07, 6.45) is 2.40. The van der Waals surface area contributed by atoms with Gasteiger partial charge < -0.3 is 28.7 Å². The van der Waals surface area contributed by atoms with E-state index in [1.165, 1.54) is 0 Å². The molecule has 0 bridgehead atoms. The molecule has 0 aliphatic heterocycles. The summed E-state index contributed by atoms with van der Waals surface area (Å²) in [6, 6.07) is 0. The maximum absolute atomic E-state index is 5.97. The lowest BCUT2D eigenvalue weighted by Gasteiger charge is -2.33. The predicted molar refractivity (Wildman–Crippen MR) is 63.7 cm³/mol. The van der Waals surface area contributed by atoms with E-state index < -0.39 is 0 Å². The molecular formula is C9H26N6. The van der Waals surface area contributed by atoms with Crippen molar-refractivity contribution >= 4 is 0 Å². The Morgan fingerprint density at radius 3 is 2.00 bits per heavy atom. The lowest BCUT2D eigenvalue weighted by Crippen LogP contribution is -2.56. The smallest absolute Gasteiger partial charge is 0.0710 e. The molecule has 0 fully saturated rings. The molecule has 0 rings (SSSR count). The third-order valence-electron chi connectivity index (χ3n) is 2.43. The van der Waals surface area contributed by atoms with Crippen LogP contribution in [-0.4, -0.2) is 43.4 Å². The molecule has 0 aliphatic carbocycles. The van der Waals surface area contributed by atoms with Crippen LogP contribution in [0, 0.1) is 0 Å². The normalized spacial score (nSPS) is 15.6. The van der Waals surface area contributed by atoms with Gasteiger partial charge in [0, 0.05) is 13.1 Å². The summed E-state index contributed by atoms with van der Waals surface area (Å²) in [5.74, 6) is 0. The summed E-state index contributed by atoms with van der Waals surface area (Å²) < 4.78 is 0. The Morgan fingerprint density at radius 2 is 1.53 bits per heavy atom. The van der Waals surface area contributed by atoms with Gasteiger partial charge in [0.25, 0.3) is 0 Å². The molecule has 10 N–H and O–H groups in total. The Morgan fingerprint density at radius 1 is 0.867 bits per heavy atom.